The summed E-state index contributed by atoms with van der Waals surface area (Å²) in [6.07, 6.45) is 5.41. The van der Waals surface area contributed by atoms with E-state index in [0.29, 0.717) is 0 Å². The Morgan fingerprint density at radius 3 is 2.75 bits per heavy atom. The van der Waals surface area contributed by atoms with Crippen LogP contribution in [0.1, 0.15) is 20.3 Å². The van der Waals surface area contributed by atoms with Crippen LogP contribution in [0.25, 0.3) is 0 Å². The highest BCUT2D eigenvalue weighted by molar-refractivity contribution is 4.76. The Hall–Kier alpha value is -0.300. The molecule has 0 radical (unpaired) electrons. The first kappa shape index (κ1) is 7.70. The summed E-state index contributed by atoms with van der Waals surface area (Å²) in [6.45, 7) is 6.36. The van der Waals surface area contributed by atoms with Crippen molar-refractivity contribution < 1.29 is 0 Å². The van der Waals surface area contributed by atoms with Crippen molar-refractivity contribution in [3.63, 3.8) is 0 Å². The third-order valence-corrected chi connectivity index (χ3v) is 0.973. The zero-order valence-corrected chi connectivity index (χ0v) is 5.78. The van der Waals surface area contributed by atoms with Crippen LogP contribution in [0.3, 0.4) is 0 Å². The van der Waals surface area contributed by atoms with E-state index in [2.05, 4.69) is 24.4 Å². The molecule has 0 aliphatic heterocycles. The van der Waals surface area contributed by atoms with Crippen LogP contribution in [0.4, 0.5) is 0 Å². The number of nitrogens with one attached hydrogen (secondary N) is 1. The van der Waals surface area contributed by atoms with E-state index in [4.69, 9.17) is 0 Å². The molecule has 0 atom stereocenters. The van der Waals surface area contributed by atoms with Crippen molar-refractivity contribution in [1.82, 2.24) is 5.32 Å². The van der Waals surface area contributed by atoms with Crippen molar-refractivity contribution in [1.29, 1.82) is 0 Å². The topological polar surface area (TPSA) is 12.0 Å². The second-order valence-corrected chi connectivity index (χ2v) is 1.71. The maximum Gasteiger partial charge on any atom is -0.00144 e. The summed E-state index contributed by atoms with van der Waals surface area (Å²) in [5.41, 5.74) is 0. The molecule has 8 heavy (non-hydrogen) atoms. The molecule has 0 fully saturated rings. The normalized spacial score (nSPS) is 10.8. The Morgan fingerprint density at radius 1 is 1.50 bits per heavy atom. The van der Waals surface area contributed by atoms with Crippen molar-refractivity contribution >= 4 is 0 Å². The van der Waals surface area contributed by atoms with Gasteiger partial charge in [-0.2, -0.15) is 0 Å². The summed E-state index contributed by atoms with van der Waals surface area (Å²) in [7, 11) is 0. The molecule has 1 N–H and O–H groups in total. The van der Waals surface area contributed by atoms with Crippen molar-refractivity contribution in [3.05, 3.63) is 12.2 Å². The highest BCUT2D eigenvalue weighted by Crippen LogP contribution is 1.77. The third-order valence-electron chi connectivity index (χ3n) is 0.973. The van der Waals surface area contributed by atoms with Gasteiger partial charge in [-0.15, -0.1) is 0 Å². The van der Waals surface area contributed by atoms with E-state index < -0.39 is 0 Å². The lowest BCUT2D eigenvalue weighted by Crippen LogP contribution is -2.12. The van der Waals surface area contributed by atoms with Crippen LogP contribution in [-0.2, 0) is 0 Å². The van der Waals surface area contributed by atoms with E-state index in [1.54, 1.807) is 0 Å². The van der Waals surface area contributed by atoms with Gasteiger partial charge in [-0.1, -0.05) is 19.1 Å². The molecule has 0 bridgehead atoms. The molecule has 1 heteroatoms. The van der Waals surface area contributed by atoms with Gasteiger partial charge in [0.05, 0.1) is 0 Å². The third kappa shape index (κ3) is 5.70. The van der Waals surface area contributed by atoms with Gasteiger partial charge in [-0.25, -0.2) is 0 Å². The average molecular weight is 113 g/mol. The molecule has 0 aromatic rings. The van der Waals surface area contributed by atoms with Crippen LogP contribution in [-0.4, -0.2) is 13.1 Å². The average Bonchev–Trinajstić information content (AvgIpc) is 1.81. The fourth-order valence-corrected chi connectivity index (χ4v) is 0.529. The molecule has 0 heterocycles. The van der Waals surface area contributed by atoms with Crippen LogP contribution < -0.4 is 5.32 Å². The van der Waals surface area contributed by atoms with E-state index in [1.807, 2.05) is 6.92 Å². The molecule has 0 saturated carbocycles. The molecule has 0 aromatic heterocycles. The number of rotatable bonds is 4. The Kier molecular flexibility index (Phi) is 6.45. The van der Waals surface area contributed by atoms with Gasteiger partial charge >= 0.3 is 0 Å². The second kappa shape index (κ2) is 6.70. The molecule has 1 nitrogen and oxygen atoms in total. The number of hydrogen-bond donors (Lipinski definition) is 1. The van der Waals surface area contributed by atoms with Gasteiger partial charge < -0.3 is 5.32 Å². The van der Waals surface area contributed by atoms with Crippen LogP contribution in [0.2, 0.25) is 0 Å². The first-order valence-corrected chi connectivity index (χ1v) is 3.23. The Bertz CT molecular complexity index is 57.4. The van der Waals surface area contributed by atoms with Crippen LogP contribution in [0.5, 0.6) is 0 Å². The minimum Gasteiger partial charge on any atom is -0.317 e. The summed E-state index contributed by atoms with van der Waals surface area (Å²) >= 11 is 0. The van der Waals surface area contributed by atoms with E-state index >= 15 is 0 Å². The summed E-state index contributed by atoms with van der Waals surface area (Å²) in [5, 5.41) is 3.23. The summed E-state index contributed by atoms with van der Waals surface area (Å²) < 4.78 is 0. The predicted octanol–water partition coefficient (Wildman–Crippen LogP) is 1.56. The fraction of sp³-hybridized carbons (Fsp3) is 0.714. The minimum absolute atomic E-state index is 1.08. The smallest absolute Gasteiger partial charge is 0.00144 e. The molecule has 0 aromatic carbocycles. The number of allylic oxidation sites excluding steroid dienone is 1. The van der Waals surface area contributed by atoms with Crippen LogP contribution >= 0.6 is 0 Å². The first-order valence-electron chi connectivity index (χ1n) is 3.23. The SMILES string of the molecule is C/C=C\CCNCC. The quantitative estimate of drug-likeness (QED) is 0.431. The monoisotopic (exact) mass is 113 g/mol. The van der Waals surface area contributed by atoms with E-state index in [1.165, 1.54) is 0 Å². The molecule has 48 valence electrons. The molecule has 0 unspecified atom stereocenters. The Labute approximate surface area is 51.8 Å². The van der Waals surface area contributed by atoms with E-state index in [9.17, 15) is 0 Å². The van der Waals surface area contributed by atoms with Crippen molar-refractivity contribution in [2.75, 3.05) is 13.1 Å². The molecule has 0 aliphatic carbocycles. The van der Waals surface area contributed by atoms with Crippen LogP contribution in [0.15, 0.2) is 12.2 Å². The molecule has 0 amide bonds. The largest absolute Gasteiger partial charge is 0.317 e. The zero-order chi connectivity index (χ0) is 6.24. The fourth-order valence-electron chi connectivity index (χ4n) is 0.529. The highest BCUT2D eigenvalue weighted by Gasteiger charge is 1.75. The summed E-state index contributed by atoms with van der Waals surface area (Å²) in [6, 6.07) is 0. The van der Waals surface area contributed by atoms with Crippen LogP contribution in [0, 0.1) is 0 Å². The summed E-state index contributed by atoms with van der Waals surface area (Å²) in [4.78, 5) is 0. The van der Waals surface area contributed by atoms with Gasteiger partial charge in [0.1, 0.15) is 0 Å². The lowest BCUT2D eigenvalue weighted by molar-refractivity contribution is 0.726. The predicted molar refractivity (Wildman–Crippen MR) is 38.0 cm³/mol. The Morgan fingerprint density at radius 2 is 2.25 bits per heavy atom. The molecular weight excluding hydrogens is 98.1 g/mol. The van der Waals surface area contributed by atoms with Gasteiger partial charge in [-0.3, -0.25) is 0 Å². The van der Waals surface area contributed by atoms with Crippen molar-refractivity contribution in [3.8, 4) is 0 Å². The van der Waals surface area contributed by atoms with E-state index in [-0.39, 0.29) is 0 Å². The van der Waals surface area contributed by atoms with Gasteiger partial charge in [0.25, 0.3) is 0 Å². The Balaban J connectivity index is 2.72. The van der Waals surface area contributed by atoms with Crippen molar-refractivity contribution in [2.24, 2.45) is 0 Å². The lowest BCUT2D eigenvalue weighted by Gasteiger charge is -1.93. The first-order chi connectivity index (χ1) is 3.91. The molecule has 0 aliphatic rings. The lowest BCUT2D eigenvalue weighted by atomic mass is 10.4. The minimum atomic E-state index is 1.08. The number of hydrogen-bond acceptors (Lipinski definition) is 1. The standard InChI is InChI=1S/C7H15N/c1-3-5-6-7-8-4-2/h3,5,8H,4,6-7H2,1-2H3/b5-3-. The summed E-state index contributed by atoms with van der Waals surface area (Å²) in [5.74, 6) is 0. The van der Waals surface area contributed by atoms with Gasteiger partial charge in [0.15, 0.2) is 0 Å². The molecule has 0 spiro atoms. The molecule has 0 rings (SSSR count). The maximum atomic E-state index is 3.23. The molecule has 0 saturated heterocycles. The highest BCUT2D eigenvalue weighted by atomic mass is 14.8. The van der Waals surface area contributed by atoms with E-state index in [0.717, 1.165) is 19.5 Å². The van der Waals surface area contributed by atoms with Gasteiger partial charge in [0, 0.05) is 0 Å². The maximum absolute atomic E-state index is 3.23. The zero-order valence-electron chi connectivity index (χ0n) is 5.78. The van der Waals surface area contributed by atoms with Gasteiger partial charge in [-0.05, 0) is 26.4 Å². The van der Waals surface area contributed by atoms with Crippen molar-refractivity contribution in [2.45, 2.75) is 20.3 Å². The second-order valence-electron chi connectivity index (χ2n) is 1.71. The molecular formula is C7H15N. The van der Waals surface area contributed by atoms with Gasteiger partial charge in [0.2, 0.25) is 0 Å².